The maximum Gasteiger partial charge on any atom is 0.169 e. The average molecular weight is 376 g/mol. The first-order valence-corrected chi connectivity index (χ1v) is 8.94. The summed E-state index contributed by atoms with van der Waals surface area (Å²) in [6.45, 7) is 2.93. The first-order chi connectivity index (χ1) is 13.5. The van der Waals surface area contributed by atoms with Crippen molar-refractivity contribution in [2.75, 3.05) is 24.3 Å². The van der Waals surface area contributed by atoms with Gasteiger partial charge in [-0.1, -0.05) is 31.2 Å². The molecular weight excluding hydrogens is 355 g/mol. The van der Waals surface area contributed by atoms with Crippen molar-refractivity contribution >= 4 is 11.5 Å². The Bertz CT molecular complexity index is 1030. The Balaban J connectivity index is 2.02. The molecule has 1 aromatic heterocycles. The molecule has 0 saturated carbocycles. The molecule has 3 aromatic rings. The van der Waals surface area contributed by atoms with Gasteiger partial charge in [0.1, 0.15) is 23.4 Å². The number of aromatic nitrogens is 2. The fourth-order valence-corrected chi connectivity index (χ4v) is 2.93. The van der Waals surface area contributed by atoms with Gasteiger partial charge in [0, 0.05) is 24.7 Å². The van der Waals surface area contributed by atoms with Gasteiger partial charge in [0.05, 0.1) is 11.9 Å². The molecule has 0 amide bonds. The van der Waals surface area contributed by atoms with Crippen LogP contribution in [0.1, 0.15) is 19.0 Å². The van der Waals surface area contributed by atoms with Crippen LogP contribution in [0.4, 0.5) is 15.9 Å². The third kappa shape index (κ3) is 3.92. The van der Waals surface area contributed by atoms with Gasteiger partial charge >= 0.3 is 0 Å². The number of para-hydroxylation sites is 1. The number of nitrogens with one attached hydrogen (secondary N) is 1. The molecule has 7 heteroatoms. The lowest BCUT2D eigenvalue weighted by Gasteiger charge is -2.23. The quantitative estimate of drug-likeness (QED) is 0.637. The summed E-state index contributed by atoms with van der Waals surface area (Å²) in [5.41, 5.74) is 11.8. The van der Waals surface area contributed by atoms with Gasteiger partial charge in [-0.3, -0.25) is 0 Å². The molecule has 142 valence electrons. The Kier molecular flexibility index (Phi) is 5.82. The van der Waals surface area contributed by atoms with E-state index in [1.54, 1.807) is 6.07 Å². The SMILES string of the molecule is CCCNN(C)c1ccccc1-c1ccc(-c2ncc(N)nc2C#N)c(F)c1. The van der Waals surface area contributed by atoms with E-state index >= 15 is 0 Å². The molecule has 0 spiro atoms. The molecule has 28 heavy (non-hydrogen) atoms. The lowest BCUT2D eigenvalue weighted by atomic mass is 10.00. The summed E-state index contributed by atoms with van der Waals surface area (Å²) >= 11 is 0. The molecule has 0 atom stereocenters. The highest BCUT2D eigenvalue weighted by Gasteiger charge is 2.16. The number of benzene rings is 2. The molecule has 3 rings (SSSR count). The molecule has 0 aliphatic heterocycles. The van der Waals surface area contributed by atoms with E-state index in [9.17, 15) is 9.65 Å². The first-order valence-electron chi connectivity index (χ1n) is 8.94. The highest BCUT2D eigenvalue weighted by atomic mass is 19.1. The predicted molar refractivity (Wildman–Crippen MR) is 109 cm³/mol. The summed E-state index contributed by atoms with van der Waals surface area (Å²) in [7, 11) is 1.93. The number of rotatable bonds is 6. The molecule has 2 aromatic carbocycles. The second kappa shape index (κ2) is 8.46. The number of nitrogen functional groups attached to an aromatic ring is 1. The highest BCUT2D eigenvalue weighted by Crippen LogP contribution is 2.33. The van der Waals surface area contributed by atoms with Crippen LogP contribution in [0, 0.1) is 17.1 Å². The Morgan fingerprint density at radius 3 is 2.71 bits per heavy atom. The molecule has 0 bridgehead atoms. The molecule has 0 aliphatic carbocycles. The van der Waals surface area contributed by atoms with Crippen LogP contribution >= 0.6 is 0 Å². The maximum atomic E-state index is 14.9. The number of anilines is 2. The molecule has 0 radical (unpaired) electrons. The molecule has 1 heterocycles. The molecule has 3 N–H and O–H groups in total. The summed E-state index contributed by atoms with van der Waals surface area (Å²) in [6, 6.07) is 14.6. The van der Waals surface area contributed by atoms with E-state index in [4.69, 9.17) is 5.73 Å². The first kappa shape index (κ1) is 19.3. The zero-order valence-corrected chi connectivity index (χ0v) is 15.8. The van der Waals surface area contributed by atoms with E-state index in [0.717, 1.165) is 29.8 Å². The van der Waals surface area contributed by atoms with Crippen molar-refractivity contribution in [1.29, 1.82) is 5.26 Å². The lowest BCUT2D eigenvalue weighted by molar-refractivity contribution is 0.631. The number of halogens is 1. The van der Waals surface area contributed by atoms with Gasteiger partial charge in [-0.05, 0) is 30.2 Å². The Morgan fingerprint density at radius 2 is 2.00 bits per heavy atom. The van der Waals surface area contributed by atoms with Crippen LogP contribution in [-0.4, -0.2) is 23.6 Å². The van der Waals surface area contributed by atoms with Gasteiger partial charge in [-0.2, -0.15) is 5.26 Å². The van der Waals surface area contributed by atoms with Crippen molar-refractivity contribution in [2.24, 2.45) is 0 Å². The maximum absolute atomic E-state index is 14.9. The van der Waals surface area contributed by atoms with Crippen molar-refractivity contribution in [1.82, 2.24) is 15.4 Å². The largest absolute Gasteiger partial charge is 0.382 e. The number of nitrogens with two attached hydrogens (primary N) is 1. The minimum Gasteiger partial charge on any atom is -0.382 e. The third-order valence-electron chi connectivity index (χ3n) is 4.30. The molecule has 0 fully saturated rings. The molecule has 0 unspecified atom stereocenters. The minimum atomic E-state index is -0.480. The Labute approximate surface area is 163 Å². The van der Waals surface area contributed by atoms with Crippen molar-refractivity contribution in [2.45, 2.75) is 13.3 Å². The summed E-state index contributed by atoms with van der Waals surface area (Å²) in [5.74, 6) is -0.360. The molecular formula is C21H21FN6. The van der Waals surface area contributed by atoms with Gasteiger partial charge in [0.25, 0.3) is 0 Å². The Hall–Kier alpha value is -3.50. The van der Waals surface area contributed by atoms with Gasteiger partial charge in [-0.15, -0.1) is 0 Å². The zero-order chi connectivity index (χ0) is 20.1. The zero-order valence-electron chi connectivity index (χ0n) is 15.8. The van der Waals surface area contributed by atoms with Crippen LogP contribution in [0.15, 0.2) is 48.7 Å². The van der Waals surface area contributed by atoms with Crippen molar-refractivity contribution in [3.8, 4) is 28.5 Å². The number of hydrogen-bond donors (Lipinski definition) is 2. The molecule has 0 saturated heterocycles. The van der Waals surface area contributed by atoms with Crippen molar-refractivity contribution in [3.63, 3.8) is 0 Å². The summed E-state index contributed by atoms with van der Waals surface area (Å²) < 4.78 is 14.9. The highest BCUT2D eigenvalue weighted by molar-refractivity contribution is 5.80. The smallest absolute Gasteiger partial charge is 0.169 e. The molecule has 6 nitrogen and oxygen atoms in total. The van der Waals surface area contributed by atoms with Crippen LogP contribution in [-0.2, 0) is 0 Å². The summed E-state index contributed by atoms with van der Waals surface area (Å²) in [6.07, 6.45) is 2.31. The van der Waals surface area contributed by atoms with Gasteiger partial charge in [0.2, 0.25) is 0 Å². The minimum absolute atomic E-state index is 0.00412. The monoisotopic (exact) mass is 376 g/mol. The van der Waals surface area contributed by atoms with E-state index in [-0.39, 0.29) is 22.8 Å². The van der Waals surface area contributed by atoms with Crippen LogP contribution in [0.3, 0.4) is 0 Å². The van der Waals surface area contributed by atoms with E-state index < -0.39 is 5.82 Å². The Morgan fingerprint density at radius 1 is 1.21 bits per heavy atom. The van der Waals surface area contributed by atoms with E-state index in [0.29, 0.717) is 0 Å². The number of hydrazine groups is 1. The van der Waals surface area contributed by atoms with Gasteiger partial charge in [-0.25, -0.2) is 19.8 Å². The third-order valence-corrected chi connectivity index (χ3v) is 4.30. The van der Waals surface area contributed by atoms with Gasteiger partial charge < -0.3 is 10.7 Å². The average Bonchev–Trinajstić information content (AvgIpc) is 2.72. The van der Waals surface area contributed by atoms with Crippen molar-refractivity contribution in [3.05, 3.63) is 60.2 Å². The number of nitrogens with zero attached hydrogens (tertiary/aromatic N) is 4. The van der Waals surface area contributed by atoms with Crippen LogP contribution < -0.4 is 16.2 Å². The summed E-state index contributed by atoms with van der Waals surface area (Å²) in [5, 5.41) is 11.2. The normalized spacial score (nSPS) is 10.5. The fraction of sp³-hybridized carbons (Fsp3) is 0.190. The van der Waals surface area contributed by atoms with Crippen LogP contribution in [0.5, 0.6) is 0 Å². The molecule has 0 aliphatic rings. The second-order valence-corrected chi connectivity index (χ2v) is 6.28. The van der Waals surface area contributed by atoms with Crippen LogP contribution in [0.2, 0.25) is 0 Å². The second-order valence-electron chi connectivity index (χ2n) is 6.28. The van der Waals surface area contributed by atoms with E-state index in [1.807, 2.05) is 48.5 Å². The van der Waals surface area contributed by atoms with E-state index in [1.165, 1.54) is 12.3 Å². The van der Waals surface area contributed by atoms with Crippen LogP contribution in [0.25, 0.3) is 22.4 Å². The fourth-order valence-electron chi connectivity index (χ4n) is 2.93. The van der Waals surface area contributed by atoms with Gasteiger partial charge in [0.15, 0.2) is 5.69 Å². The summed E-state index contributed by atoms with van der Waals surface area (Å²) in [4.78, 5) is 8.02. The predicted octanol–water partition coefficient (Wildman–Crippen LogP) is 3.75. The lowest BCUT2D eigenvalue weighted by Crippen LogP contribution is -2.35. The number of hydrogen-bond acceptors (Lipinski definition) is 6. The number of nitriles is 1. The standard InChI is InChI=1S/C21H21FN6/c1-3-10-26-28(2)19-7-5-4-6-15(19)14-8-9-16(17(22)11-14)21-18(12-23)27-20(24)13-25-21/h4-9,11,13,26H,3,10H2,1-2H3,(H2,24,27). The van der Waals surface area contributed by atoms with E-state index in [2.05, 4.69) is 22.3 Å². The van der Waals surface area contributed by atoms with Crippen molar-refractivity contribution < 1.29 is 4.39 Å². The topological polar surface area (TPSA) is 90.9 Å².